The fourth-order valence-corrected chi connectivity index (χ4v) is 1.24. The first-order chi connectivity index (χ1) is 8.83. The summed E-state index contributed by atoms with van der Waals surface area (Å²) in [4.78, 5) is 14.2. The number of likely N-dealkylation sites (N-methyl/N-ethyl adjacent to an activating group) is 2. The fraction of sp³-hybridized carbons (Fsp3) is 0.917. The van der Waals surface area contributed by atoms with Crippen molar-refractivity contribution in [2.45, 2.75) is 38.7 Å². The lowest BCUT2D eigenvalue weighted by molar-refractivity contribution is -0.207. The predicted octanol–water partition coefficient (Wildman–Crippen LogP) is 1.71. The number of nitrogens with zero attached hydrogens (tertiary/aromatic N) is 2. The Labute approximate surface area is 117 Å². The highest BCUT2D eigenvalue weighted by atomic mass is 19.4. The van der Waals surface area contributed by atoms with Crippen LogP contribution in [0.3, 0.4) is 0 Å². The van der Waals surface area contributed by atoms with Gasteiger partial charge in [-0.05, 0) is 27.8 Å². The van der Waals surface area contributed by atoms with Crippen molar-refractivity contribution in [3.63, 3.8) is 0 Å². The fourth-order valence-electron chi connectivity index (χ4n) is 1.24. The third-order valence-electron chi connectivity index (χ3n) is 2.38. The van der Waals surface area contributed by atoms with Crippen LogP contribution in [0.4, 0.5) is 18.0 Å². The smallest absolute Gasteiger partial charge is 0.415 e. The highest BCUT2D eigenvalue weighted by Crippen LogP contribution is 2.20. The molecule has 120 valence electrons. The van der Waals surface area contributed by atoms with Gasteiger partial charge in [0.2, 0.25) is 0 Å². The van der Waals surface area contributed by atoms with Crippen LogP contribution in [0.5, 0.6) is 0 Å². The summed E-state index contributed by atoms with van der Waals surface area (Å²) in [6.45, 7) is 5.05. The molecule has 1 atom stereocenters. The van der Waals surface area contributed by atoms with E-state index in [9.17, 15) is 18.0 Å². The molecule has 0 heterocycles. The lowest BCUT2D eigenvalue weighted by Gasteiger charge is -2.27. The molecule has 0 rings (SSSR count). The van der Waals surface area contributed by atoms with Gasteiger partial charge in [0.1, 0.15) is 5.60 Å². The summed E-state index contributed by atoms with van der Waals surface area (Å²) in [5.41, 5.74) is -0.621. The van der Waals surface area contributed by atoms with Gasteiger partial charge in [0.15, 0.2) is 6.10 Å². The standard InChI is InChI=1S/C12H23F3N2O3/c1-11(2,3)20-10(19)17(5)7-6-16(4)8-9(18)12(13,14)15/h9,18H,6-8H2,1-5H3. The van der Waals surface area contributed by atoms with Crippen LogP contribution in [-0.4, -0.2) is 72.6 Å². The minimum absolute atomic E-state index is 0.197. The summed E-state index contributed by atoms with van der Waals surface area (Å²) in [5, 5.41) is 8.91. The molecule has 1 N–H and O–H groups in total. The van der Waals surface area contributed by atoms with E-state index in [0.717, 1.165) is 0 Å². The molecule has 0 aromatic carbocycles. The number of carbonyl (C=O) groups is 1. The summed E-state index contributed by atoms with van der Waals surface area (Å²) in [6, 6.07) is 0. The van der Waals surface area contributed by atoms with E-state index in [1.54, 1.807) is 20.8 Å². The van der Waals surface area contributed by atoms with E-state index in [4.69, 9.17) is 9.84 Å². The Hall–Kier alpha value is -1.02. The Morgan fingerprint density at radius 1 is 1.20 bits per heavy atom. The zero-order valence-electron chi connectivity index (χ0n) is 12.5. The Bertz CT molecular complexity index is 316. The molecule has 1 amide bonds. The quantitative estimate of drug-likeness (QED) is 0.840. The van der Waals surface area contributed by atoms with Gasteiger partial charge >= 0.3 is 12.3 Å². The number of rotatable bonds is 5. The number of halogens is 3. The van der Waals surface area contributed by atoms with Crippen molar-refractivity contribution in [1.29, 1.82) is 0 Å². The monoisotopic (exact) mass is 300 g/mol. The zero-order chi connectivity index (χ0) is 16.1. The maximum absolute atomic E-state index is 12.2. The van der Waals surface area contributed by atoms with E-state index in [1.165, 1.54) is 23.9 Å². The van der Waals surface area contributed by atoms with Crippen LogP contribution in [0.15, 0.2) is 0 Å². The second-order valence-electron chi connectivity index (χ2n) is 5.72. The molecule has 0 bridgehead atoms. The summed E-state index contributed by atoms with van der Waals surface area (Å²) >= 11 is 0. The summed E-state index contributed by atoms with van der Waals surface area (Å²) in [6.07, 6.45) is -7.56. The zero-order valence-corrected chi connectivity index (χ0v) is 12.5. The van der Waals surface area contributed by atoms with E-state index < -0.39 is 30.5 Å². The normalized spacial score (nSPS) is 14.3. The molecule has 1 unspecified atom stereocenters. The highest BCUT2D eigenvalue weighted by Gasteiger charge is 2.38. The third-order valence-corrected chi connectivity index (χ3v) is 2.38. The first-order valence-electron chi connectivity index (χ1n) is 6.20. The van der Waals surface area contributed by atoms with Gasteiger partial charge in [-0.2, -0.15) is 13.2 Å². The van der Waals surface area contributed by atoms with Crippen molar-refractivity contribution in [1.82, 2.24) is 9.80 Å². The van der Waals surface area contributed by atoms with Gasteiger partial charge in [-0.25, -0.2) is 4.79 Å². The van der Waals surface area contributed by atoms with Crippen molar-refractivity contribution in [3.8, 4) is 0 Å². The summed E-state index contributed by atoms with van der Waals surface area (Å²) < 4.78 is 41.6. The number of ether oxygens (including phenoxy) is 1. The molecule has 0 fully saturated rings. The van der Waals surface area contributed by atoms with Crippen LogP contribution >= 0.6 is 0 Å². The van der Waals surface area contributed by atoms with Gasteiger partial charge in [0, 0.05) is 26.7 Å². The van der Waals surface area contributed by atoms with E-state index in [2.05, 4.69) is 0 Å². The van der Waals surface area contributed by atoms with Crippen LogP contribution in [0, 0.1) is 0 Å². The van der Waals surface area contributed by atoms with E-state index in [1.807, 2.05) is 0 Å². The minimum atomic E-state index is -4.63. The SMILES string of the molecule is CN(CCN(C)C(=O)OC(C)(C)C)CC(O)C(F)(F)F. The lowest BCUT2D eigenvalue weighted by atomic mass is 10.2. The Morgan fingerprint density at radius 2 is 1.70 bits per heavy atom. The summed E-state index contributed by atoms with van der Waals surface area (Å²) in [5.74, 6) is 0. The third kappa shape index (κ3) is 8.21. The van der Waals surface area contributed by atoms with E-state index >= 15 is 0 Å². The molecule has 20 heavy (non-hydrogen) atoms. The molecule has 0 spiro atoms. The number of alkyl halides is 3. The maximum Gasteiger partial charge on any atom is 0.415 e. The first kappa shape index (κ1) is 19.0. The first-order valence-corrected chi connectivity index (χ1v) is 6.20. The average Bonchev–Trinajstić information content (AvgIpc) is 2.21. The molecule has 0 aliphatic heterocycles. The predicted molar refractivity (Wildman–Crippen MR) is 68.4 cm³/mol. The topological polar surface area (TPSA) is 53.0 Å². The molecule has 0 aromatic rings. The van der Waals surface area contributed by atoms with E-state index in [0.29, 0.717) is 0 Å². The minimum Gasteiger partial charge on any atom is -0.444 e. The van der Waals surface area contributed by atoms with Gasteiger partial charge in [-0.15, -0.1) is 0 Å². The Morgan fingerprint density at radius 3 is 2.10 bits per heavy atom. The Balaban J connectivity index is 4.12. The molecule has 8 heteroatoms. The Kier molecular flexibility index (Phi) is 6.76. The number of carbonyl (C=O) groups excluding carboxylic acids is 1. The molecular formula is C12H23F3N2O3. The number of aliphatic hydroxyl groups is 1. The molecule has 0 saturated heterocycles. The molecule has 0 saturated carbocycles. The van der Waals surface area contributed by atoms with Crippen LogP contribution in [0.2, 0.25) is 0 Å². The van der Waals surface area contributed by atoms with Gasteiger partial charge < -0.3 is 19.6 Å². The maximum atomic E-state index is 12.2. The van der Waals surface area contributed by atoms with Crippen LogP contribution in [0.25, 0.3) is 0 Å². The van der Waals surface area contributed by atoms with Crippen LogP contribution < -0.4 is 0 Å². The van der Waals surface area contributed by atoms with Crippen molar-refractivity contribution < 1.29 is 27.8 Å². The van der Waals surface area contributed by atoms with Crippen LogP contribution in [0.1, 0.15) is 20.8 Å². The van der Waals surface area contributed by atoms with Gasteiger partial charge in [-0.1, -0.05) is 0 Å². The van der Waals surface area contributed by atoms with Crippen molar-refractivity contribution >= 4 is 6.09 Å². The largest absolute Gasteiger partial charge is 0.444 e. The molecule has 5 nitrogen and oxygen atoms in total. The number of hydrogen-bond acceptors (Lipinski definition) is 4. The number of aliphatic hydroxyl groups excluding tert-OH is 1. The second-order valence-corrected chi connectivity index (χ2v) is 5.72. The second kappa shape index (κ2) is 7.12. The van der Waals surface area contributed by atoms with E-state index in [-0.39, 0.29) is 13.1 Å². The van der Waals surface area contributed by atoms with Gasteiger partial charge in [0.25, 0.3) is 0 Å². The number of amides is 1. The average molecular weight is 300 g/mol. The van der Waals surface area contributed by atoms with Crippen molar-refractivity contribution in [2.24, 2.45) is 0 Å². The molecule has 0 aliphatic carbocycles. The lowest BCUT2D eigenvalue weighted by Crippen LogP contribution is -2.43. The summed E-state index contributed by atoms with van der Waals surface area (Å²) in [7, 11) is 2.94. The molecule has 0 radical (unpaired) electrons. The van der Waals surface area contributed by atoms with Gasteiger partial charge in [-0.3, -0.25) is 0 Å². The van der Waals surface area contributed by atoms with Crippen LogP contribution in [-0.2, 0) is 4.74 Å². The number of hydrogen-bond donors (Lipinski definition) is 1. The molecule has 0 aliphatic rings. The van der Waals surface area contributed by atoms with Crippen molar-refractivity contribution in [2.75, 3.05) is 33.7 Å². The molecule has 0 aromatic heterocycles. The molecular weight excluding hydrogens is 277 g/mol. The van der Waals surface area contributed by atoms with Crippen molar-refractivity contribution in [3.05, 3.63) is 0 Å². The highest BCUT2D eigenvalue weighted by molar-refractivity contribution is 5.67. The van der Waals surface area contributed by atoms with Gasteiger partial charge in [0.05, 0.1) is 0 Å².